The van der Waals surface area contributed by atoms with Crippen molar-refractivity contribution in [2.24, 2.45) is 0 Å². The van der Waals surface area contributed by atoms with Crippen molar-refractivity contribution in [3.63, 3.8) is 0 Å². The van der Waals surface area contributed by atoms with Gasteiger partial charge in [-0.25, -0.2) is 0 Å². The van der Waals surface area contributed by atoms with Crippen molar-refractivity contribution >= 4 is 39.7 Å². The number of fused-ring (bicyclic) bond motifs is 1. The molecule has 0 atom stereocenters. The van der Waals surface area contributed by atoms with Gasteiger partial charge >= 0.3 is 11.8 Å². The summed E-state index contributed by atoms with van der Waals surface area (Å²) in [5.41, 5.74) is 1.18. The molecule has 2 amide bonds. The SMILES string of the molecule is CCc1ccc(CNC(=O)C(=O)Nc2cccc3cccnc23)s1. The Morgan fingerprint density at radius 2 is 1.83 bits per heavy atom. The first-order chi connectivity index (χ1) is 11.7. The van der Waals surface area contributed by atoms with Crippen molar-refractivity contribution in [2.75, 3.05) is 5.32 Å². The fourth-order valence-corrected chi connectivity index (χ4v) is 3.24. The molecule has 0 bridgehead atoms. The zero-order valence-corrected chi connectivity index (χ0v) is 14.0. The molecule has 3 rings (SSSR count). The molecule has 6 heteroatoms. The Bertz CT molecular complexity index is 883. The first-order valence-electron chi connectivity index (χ1n) is 7.68. The number of hydrogen-bond donors (Lipinski definition) is 2. The minimum atomic E-state index is -0.694. The summed E-state index contributed by atoms with van der Waals surface area (Å²) in [7, 11) is 0. The summed E-state index contributed by atoms with van der Waals surface area (Å²) in [4.78, 5) is 30.6. The molecule has 24 heavy (non-hydrogen) atoms. The number of pyridine rings is 1. The standard InChI is InChI=1S/C18H17N3O2S/c1-2-13-8-9-14(24-13)11-20-17(22)18(23)21-15-7-3-5-12-6-4-10-19-16(12)15/h3-10H,2,11H2,1H3,(H,20,22)(H,21,23). The van der Waals surface area contributed by atoms with Crippen LogP contribution in [0.2, 0.25) is 0 Å². The third-order valence-corrected chi connectivity index (χ3v) is 4.81. The van der Waals surface area contributed by atoms with Crippen LogP contribution in [0.25, 0.3) is 10.9 Å². The van der Waals surface area contributed by atoms with Gasteiger partial charge in [0.05, 0.1) is 17.7 Å². The van der Waals surface area contributed by atoms with E-state index in [1.54, 1.807) is 23.6 Å². The fourth-order valence-electron chi connectivity index (χ4n) is 2.34. The molecule has 0 saturated heterocycles. The maximum Gasteiger partial charge on any atom is 0.313 e. The van der Waals surface area contributed by atoms with Crippen LogP contribution in [0.5, 0.6) is 0 Å². The number of aryl methyl sites for hydroxylation is 1. The lowest BCUT2D eigenvalue weighted by atomic mass is 10.2. The first kappa shape index (κ1) is 16.1. The number of rotatable bonds is 4. The van der Waals surface area contributed by atoms with E-state index in [0.717, 1.165) is 16.7 Å². The minimum Gasteiger partial charge on any atom is -0.343 e. The van der Waals surface area contributed by atoms with Crippen LogP contribution in [0.4, 0.5) is 5.69 Å². The predicted octanol–water partition coefficient (Wildman–Crippen LogP) is 3.11. The number of anilines is 1. The molecular formula is C18H17N3O2S. The second kappa shape index (κ2) is 7.23. The molecule has 0 aliphatic heterocycles. The third kappa shape index (κ3) is 3.60. The Morgan fingerprint density at radius 1 is 1.04 bits per heavy atom. The van der Waals surface area contributed by atoms with Crippen LogP contribution in [-0.4, -0.2) is 16.8 Å². The van der Waals surface area contributed by atoms with Crippen LogP contribution >= 0.6 is 11.3 Å². The smallest absolute Gasteiger partial charge is 0.313 e. The van der Waals surface area contributed by atoms with Gasteiger partial charge < -0.3 is 10.6 Å². The van der Waals surface area contributed by atoms with Crippen LogP contribution in [0, 0.1) is 0 Å². The minimum absolute atomic E-state index is 0.352. The van der Waals surface area contributed by atoms with Gasteiger partial charge in [-0.1, -0.05) is 25.1 Å². The van der Waals surface area contributed by atoms with E-state index >= 15 is 0 Å². The molecule has 3 aromatic rings. The lowest BCUT2D eigenvalue weighted by Gasteiger charge is -2.08. The molecule has 0 unspecified atom stereocenters. The third-order valence-electron chi connectivity index (χ3n) is 3.58. The second-order valence-electron chi connectivity index (χ2n) is 5.24. The highest BCUT2D eigenvalue weighted by molar-refractivity contribution is 7.11. The number of para-hydroxylation sites is 1. The highest BCUT2D eigenvalue weighted by atomic mass is 32.1. The molecule has 2 aromatic heterocycles. The van der Waals surface area contributed by atoms with E-state index in [2.05, 4.69) is 22.5 Å². The number of nitrogens with one attached hydrogen (secondary N) is 2. The first-order valence-corrected chi connectivity index (χ1v) is 8.49. The van der Waals surface area contributed by atoms with Gasteiger partial charge in [0.15, 0.2) is 0 Å². The van der Waals surface area contributed by atoms with E-state index in [-0.39, 0.29) is 0 Å². The number of nitrogens with zero attached hydrogens (tertiary/aromatic N) is 1. The lowest BCUT2D eigenvalue weighted by Crippen LogP contribution is -2.34. The van der Waals surface area contributed by atoms with Gasteiger partial charge in [-0.05, 0) is 30.7 Å². The topological polar surface area (TPSA) is 71.1 Å². The Hall–Kier alpha value is -2.73. The van der Waals surface area contributed by atoms with Crippen molar-refractivity contribution in [3.8, 4) is 0 Å². The van der Waals surface area contributed by atoms with Crippen molar-refractivity contribution in [1.82, 2.24) is 10.3 Å². The molecule has 2 N–H and O–H groups in total. The fraction of sp³-hybridized carbons (Fsp3) is 0.167. The maximum atomic E-state index is 12.1. The number of thiophene rings is 1. The zero-order valence-electron chi connectivity index (χ0n) is 13.2. The van der Waals surface area contributed by atoms with Crippen LogP contribution < -0.4 is 10.6 Å². The van der Waals surface area contributed by atoms with Crippen molar-refractivity contribution in [2.45, 2.75) is 19.9 Å². The molecule has 0 aliphatic carbocycles. The second-order valence-corrected chi connectivity index (χ2v) is 6.49. The average Bonchev–Trinajstić information content (AvgIpc) is 3.08. The quantitative estimate of drug-likeness (QED) is 0.718. The molecule has 0 spiro atoms. The van der Waals surface area contributed by atoms with Crippen molar-refractivity contribution in [3.05, 3.63) is 58.4 Å². The molecule has 0 aliphatic rings. The summed E-state index contributed by atoms with van der Waals surface area (Å²) in [6.07, 6.45) is 2.62. The molecule has 0 saturated carbocycles. The van der Waals surface area contributed by atoms with Gasteiger partial charge in [0.2, 0.25) is 0 Å². The summed E-state index contributed by atoms with van der Waals surface area (Å²) in [5, 5.41) is 6.17. The van der Waals surface area contributed by atoms with Crippen LogP contribution in [0.3, 0.4) is 0 Å². The predicted molar refractivity (Wildman–Crippen MR) is 95.9 cm³/mol. The number of hydrogen-bond acceptors (Lipinski definition) is 4. The Morgan fingerprint density at radius 3 is 2.62 bits per heavy atom. The Balaban J connectivity index is 1.64. The van der Waals surface area contributed by atoms with Crippen molar-refractivity contribution in [1.29, 1.82) is 0 Å². The van der Waals surface area contributed by atoms with E-state index in [4.69, 9.17) is 0 Å². The molecule has 0 fully saturated rings. The normalized spacial score (nSPS) is 10.5. The maximum absolute atomic E-state index is 12.1. The Labute approximate surface area is 143 Å². The summed E-state index contributed by atoms with van der Waals surface area (Å²) >= 11 is 1.64. The number of carbonyl (C=O) groups is 2. The van der Waals surface area contributed by atoms with Crippen LogP contribution in [0.15, 0.2) is 48.7 Å². The number of carbonyl (C=O) groups excluding carboxylic acids is 2. The average molecular weight is 339 g/mol. The van der Waals surface area contributed by atoms with E-state index in [0.29, 0.717) is 17.7 Å². The molecule has 2 heterocycles. The summed E-state index contributed by atoms with van der Waals surface area (Å²) in [6, 6.07) is 13.2. The number of amides is 2. The van der Waals surface area contributed by atoms with Gasteiger partial charge in [-0.15, -0.1) is 11.3 Å². The molecular weight excluding hydrogens is 322 g/mol. The summed E-state index contributed by atoms with van der Waals surface area (Å²) in [6.45, 7) is 2.44. The van der Waals surface area contributed by atoms with Gasteiger partial charge in [0.1, 0.15) is 0 Å². The molecule has 1 aromatic carbocycles. The van der Waals surface area contributed by atoms with Gasteiger partial charge in [0, 0.05) is 21.3 Å². The number of aromatic nitrogens is 1. The molecule has 122 valence electrons. The molecule has 0 radical (unpaired) electrons. The highest BCUT2D eigenvalue weighted by Crippen LogP contribution is 2.20. The monoisotopic (exact) mass is 339 g/mol. The van der Waals surface area contributed by atoms with Gasteiger partial charge in [0.25, 0.3) is 0 Å². The summed E-state index contributed by atoms with van der Waals surface area (Å²) in [5.74, 6) is -1.35. The highest BCUT2D eigenvalue weighted by Gasteiger charge is 2.15. The largest absolute Gasteiger partial charge is 0.343 e. The van der Waals surface area contributed by atoms with Crippen LogP contribution in [0.1, 0.15) is 16.7 Å². The zero-order chi connectivity index (χ0) is 16.9. The van der Waals surface area contributed by atoms with E-state index < -0.39 is 11.8 Å². The van der Waals surface area contributed by atoms with Gasteiger partial charge in [-0.3, -0.25) is 14.6 Å². The van der Waals surface area contributed by atoms with E-state index in [1.807, 2.05) is 36.4 Å². The Kier molecular flexibility index (Phi) is 4.86. The summed E-state index contributed by atoms with van der Waals surface area (Å²) < 4.78 is 0. The molecule has 5 nitrogen and oxygen atoms in total. The van der Waals surface area contributed by atoms with Gasteiger partial charge in [-0.2, -0.15) is 0 Å². The van der Waals surface area contributed by atoms with E-state index in [1.165, 1.54) is 4.88 Å². The van der Waals surface area contributed by atoms with Crippen molar-refractivity contribution < 1.29 is 9.59 Å². The van der Waals surface area contributed by atoms with Crippen LogP contribution in [-0.2, 0) is 22.6 Å². The lowest BCUT2D eigenvalue weighted by molar-refractivity contribution is -0.136. The van der Waals surface area contributed by atoms with E-state index in [9.17, 15) is 9.59 Å². The number of benzene rings is 1.